The van der Waals surface area contributed by atoms with E-state index in [9.17, 15) is 10.1 Å². The normalized spacial score (nSPS) is 23.0. The Labute approximate surface area is 152 Å². The Morgan fingerprint density at radius 3 is 2.84 bits per heavy atom. The summed E-state index contributed by atoms with van der Waals surface area (Å²) in [6.07, 6.45) is 2.49. The van der Waals surface area contributed by atoms with Crippen molar-refractivity contribution in [3.8, 4) is 11.3 Å². The average molecular weight is 364 g/mol. The van der Waals surface area contributed by atoms with Gasteiger partial charge >= 0.3 is 0 Å². The molecule has 0 saturated carbocycles. The molecule has 6 nitrogen and oxygen atoms in total. The Morgan fingerprint density at radius 2 is 2.08 bits per heavy atom. The molecule has 1 N–H and O–H groups in total. The first-order valence-electron chi connectivity index (χ1n) is 8.41. The Hall–Kier alpha value is -1.89. The van der Waals surface area contributed by atoms with E-state index in [-0.39, 0.29) is 23.0 Å². The Kier molecular flexibility index (Phi) is 5.13. The highest BCUT2D eigenvalue weighted by atomic mass is 35.5. The molecule has 0 amide bonds. The molecule has 2 aliphatic heterocycles. The van der Waals surface area contributed by atoms with Gasteiger partial charge in [0, 0.05) is 19.2 Å². The van der Waals surface area contributed by atoms with Crippen molar-refractivity contribution in [3.05, 3.63) is 52.3 Å². The van der Waals surface area contributed by atoms with Gasteiger partial charge in [0.15, 0.2) is 0 Å². The summed E-state index contributed by atoms with van der Waals surface area (Å²) in [6, 6.07) is 10.5. The lowest BCUT2D eigenvalue weighted by atomic mass is 9.87. The summed E-state index contributed by atoms with van der Waals surface area (Å²) >= 11 is 0. The van der Waals surface area contributed by atoms with Crippen LogP contribution in [-0.2, 0) is 6.54 Å². The molecule has 1 aromatic carbocycles. The van der Waals surface area contributed by atoms with Gasteiger partial charge in [0.25, 0.3) is 5.69 Å². The number of likely N-dealkylation sites (tertiary alicyclic amines) is 1. The van der Waals surface area contributed by atoms with Crippen LogP contribution in [0.3, 0.4) is 0 Å². The summed E-state index contributed by atoms with van der Waals surface area (Å²) in [6.45, 7) is 5.19. The quantitative estimate of drug-likeness (QED) is 0.665. The zero-order chi connectivity index (χ0) is 16.6. The number of nitrogens with one attached hydrogen (secondary N) is 1. The second kappa shape index (κ2) is 7.15. The third-order valence-corrected chi connectivity index (χ3v) is 5.26. The molecule has 1 spiro atoms. The highest BCUT2D eigenvalue weighted by Crippen LogP contribution is 2.37. The molecule has 1 unspecified atom stereocenters. The highest BCUT2D eigenvalue weighted by Gasteiger charge is 2.40. The first-order valence-corrected chi connectivity index (χ1v) is 8.41. The van der Waals surface area contributed by atoms with Crippen molar-refractivity contribution >= 4 is 18.1 Å². The first-order chi connectivity index (χ1) is 11.7. The molecule has 2 aromatic rings. The molecule has 0 radical (unpaired) electrons. The number of hydrogen-bond acceptors (Lipinski definition) is 5. The van der Waals surface area contributed by atoms with Crippen molar-refractivity contribution in [2.45, 2.75) is 19.4 Å². The second-order valence-electron chi connectivity index (χ2n) is 6.93. The molecular weight excluding hydrogens is 342 g/mol. The Balaban J connectivity index is 0.00000182. The molecule has 1 atom stereocenters. The number of rotatable bonds is 4. The van der Waals surface area contributed by atoms with Crippen molar-refractivity contribution < 1.29 is 9.34 Å². The van der Waals surface area contributed by atoms with Gasteiger partial charge in [-0.05, 0) is 49.5 Å². The fourth-order valence-corrected chi connectivity index (χ4v) is 3.98. The van der Waals surface area contributed by atoms with Gasteiger partial charge in [-0.1, -0.05) is 12.1 Å². The third kappa shape index (κ3) is 3.56. The Bertz CT molecular complexity index is 756. The van der Waals surface area contributed by atoms with Crippen LogP contribution in [0.25, 0.3) is 11.3 Å². The predicted octanol–water partition coefficient (Wildman–Crippen LogP) is 3.46. The molecule has 2 aliphatic rings. The fraction of sp³-hybridized carbons (Fsp3) is 0.444. The van der Waals surface area contributed by atoms with Crippen LogP contribution in [0.15, 0.2) is 40.8 Å². The number of halogens is 1. The molecule has 0 bridgehead atoms. The minimum Gasteiger partial charge on any atom is -0.459 e. The van der Waals surface area contributed by atoms with Gasteiger partial charge in [-0.15, -0.1) is 12.4 Å². The van der Waals surface area contributed by atoms with Crippen LogP contribution in [0, 0.1) is 15.5 Å². The SMILES string of the molecule is Cl.O=[N+]([O-])c1ccccc1-c1ccc(CN2CCC3(CCNC3)C2)o1. The van der Waals surface area contributed by atoms with Crippen LogP contribution in [-0.4, -0.2) is 36.0 Å². The summed E-state index contributed by atoms with van der Waals surface area (Å²) in [5.41, 5.74) is 1.05. The molecule has 4 rings (SSSR count). The van der Waals surface area contributed by atoms with E-state index in [1.54, 1.807) is 18.2 Å². The minimum absolute atomic E-state index is 0. The Morgan fingerprint density at radius 1 is 1.24 bits per heavy atom. The van der Waals surface area contributed by atoms with Crippen molar-refractivity contribution in [2.75, 3.05) is 26.2 Å². The topological polar surface area (TPSA) is 71.6 Å². The van der Waals surface area contributed by atoms with Crippen molar-refractivity contribution in [1.29, 1.82) is 0 Å². The maximum atomic E-state index is 11.2. The molecule has 25 heavy (non-hydrogen) atoms. The smallest absolute Gasteiger partial charge is 0.280 e. The lowest BCUT2D eigenvalue weighted by Crippen LogP contribution is -2.28. The van der Waals surface area contributed by atoms with Gasteiger partial charge in [-0.2, -0.15) is 0 Å². The average Bonchev–Trinajstić information content (AvgIpc) is 3.31. The van der Waals surface area contributed by atoms with E-state index < -0.39 is 0 Å². The number of para-hydroxylation sites is 1. The lowest BCUT2D eigenvalue weighted by Gasteiger charge is -2.22. The number of furan rings is 1. The van der Waals surface area contributed by atoms with Gasteiger partial charge in [0.1, 0.15) is 11.5 Å². The number of nitrogens with zero attached hydrogens (tertiary/aromatic N) is 2. The van der Waals surface area contributed by atoms with Crippen LogP contribution < -0.4 is 5.32 Å². The van der Waals surface area contributed by atoms with Crippen LogP contribution in [0.2, 0.25) is 0 Å². The number of benzene rings is 1. The minimum atomic E-state index is -0.366. The summed E-state index contributed by atoms with van der Waals surface area (Å²) in [5, 5.41) is 14.6. The zero-order valence-corrected chi connectivity index (χ0v) is 14.8. The van der Waals surface area contributed by atoms with Gasteiger partial charge < -0.3 is 9.73 Å². The van der Waals surface area contributed by atoms with Gasteiger partial charge in [0.2, 0.25) is 0 Å². The molecule has 3 heterocycles. The van der Waals surface area contributed by atoms with Crippen molar-refractivity contribution in [1.82, 2.24) is 10.2 Å². The lowest BCUT2D eigenvalue weighted by molar-refractivity contribution is -0.384. The maximum Gasteiger partial charge on any atom is 0.280 e. The van der Waals surface area contributed by atoms with E-state index in [0.717, 1.165) is 38.5 Å². The van der Waals surface area contributed by atoms with E-state index >= 15 is 0 Å². The molecule has 2 saturated heterocycles. The van der Waals surface area contributed by atoms with Gasteiger partial charge in [-0.25, -0.2) is 0 Å². The molecule has 7 heteroatoms. The summed E-state index contributed by atoms with van der Waals surface area (Å²) < 4.78 is 5.91. The van der Waals surface area contributed by atoms with E-state index in [4.69, 9.17) is 4.42 Å². The summed E-state index contributed by atoms with van der Waals surface area (Å²) in [7, 11) is 0. The molecule has 2 fully saturated rings. The molecule has 0 aliphatic carbocycles. The maximum absolute atomic E-state index is 11.2. The number of nitro groups is 1. The van der Waals surface area contributed by atoms with E-state index in [1.165, 1.54) is 18.9 Å². The number of hydrogen-bond donors (Lipinski definition) is 1. The van der Waals surface area contributed by atoms with Crippen LogP contribution >= 0.6 is 12.4 Å². The van der Waals surface area contributed by atoms with Crippen LogP contribution in [0.5, 0.6) is 0 Å². The highest BCUT2D eigenvalue weighted by molar-refractivity contribution is 5.85. The van der Waals surface area contributed by atoms with E-state index in [1.807, 2.05) is 12.1 Å². The first kappa shape index (κ1) is 17.9. The van der Waals surface area contributed by atoms with Gasteiger partial charge in [-0.3, -0.25) is 15.0 Å². The monoisotopic (exact) mass is 363 g/mol. The van der Waals surface area contributed by atoms with Crippen LogP contribution in [0.1, 0.15) is 18.6 Å². The molecular formula is C18H22ClN3O3. The molecule has 134 valence electrons. The summed E-state index contributed by atoms with van der Waals surface area (Å²) in [4.78, 5) is 13.2. The largest absolute Gasteiger partial charge is 0.459 e. The fourth-order valence-electron chi connectivity index (χ4n) is 3.98. The second-order valence-corrected chi connectivity index (χ2v) is 6.93. The van der Waals surface area contributed by atoms with Crippen LogP contribution in [0.4, 0.5) is 5.69 Å². The van der Waals surface area contributed by atoms with Gasteiger partial charge in [0.05, 0.1) is 17.0 Å². The van der Waals surface area contributed by atoms with E-state index in [0.29, 0.717) is 16.7 Å². The van der Waals surface area contributed by atoms with Crippen molar-refractivity contribution in [2.24, 2.45) is 5.41 Å². The predicted molar refractivity (Wildman–Crippen MR) is 97.9 cm³/mol. The zero-order valence-electron chi connectivity index (χ0n) is 13.9. The summed E-state index contributed by atoms with van der Waals surface area (Å²) in [5.74, 6) is 1.43. The standard InChI is InChI=1S/C18H21N3O3.ClH/c22-21(23)16-4-2-1-3-15(16)17-6-5-14(24-17)11-20-10-8-18(13-20)7-9-19-12-18;/h1-6,19H,7-13H2;1H. The van der Waals surface area contributed by atoms with Crippen molar-refractivity contribution in [3.63, 3.8) is 0 Å². The third-order valence-electron chi connectivity index (χ3n) is 5.26. The molecule has 1 aromatic heterocycles. The van der Waals surface area contributed by atoms with E-state index in [2.05, 4.69) is 10.2 Å². The number of nitro benzene ring substituents is 1.